The standard InChI is InChI=1S/C45H68BFN6O11/c1-24(2)36(51-40(59)30(18-19-34(54)55)49-39(58)29(48)22-35(56)57)42(61)52-37(25(3)4)43(62)53-20-10-12-31(53)41(60)50-33(13-9-8-11-26-14-16-28(47)17-15-26)46-63-32-21-27-23-45(7,38(32)64-46)44(27,5)6/h14-17,24-25,27,29-33,36-38H,8-13,18-23,48H2,1-7H3,(H,49,58)(H,50,60)(H,51,59)(H,52,61)(H,54,55)(H,56,57)/t27-,29+,30+,31+,32-,33+,36+,37+,38-,45-/m1/s1. The first-order valence-corrected chi connectivity index (χ1v) is 22.8. The topological polar surface area (TPSA) is 256 Å². The largest absolute Gasteiger partial charge is 0.481 e. The average Bonchev–Trinajstić information content (AvgIpc) is 3.90. The molecule has 6 rings (SSSR count). The average molecular weight is 899 g/mol. The quantitative estimate of drug-likeness (QED) is 0.0656. The molecule has 0 spiro atoms. The second kappa shape index (κ2) is 21.1. The molecule has 10 atom stereocenters. The van der Waals surface area contributed by atoms with Crippen LogP contribution in [-0.4, -0.2) is 119 Å². The van der Waals surface area contributed by atoms with E-state index in [2.05, 4.69) is 42.0 Å². The van der Waals surface area contributed by atoms with Crippen molar-refractivity contribution < 1.29 is 57.5 Å². The van der Waals surface area contributed by atoms with Crippen molar-refractivity contribution in [3.8, 4) is 0 Å². The van der Waals surface area contributed by atoms with Crippen molar-refractivity contribution in [2.24, 2.45) is 34.3 Å². The molecule has 2 bridgehead atoms. The minimum atomic E-state index is -1.52. The molecule has 17 nitrogen and oxygen atoms in total. The van der Waals surface area contributed by atoms with Crippen molar-refractivity contribution in [3.05, 3.63) is 35.6 Å². The molecule has 5 aliphatic rings. The van der Waals surface area contributed by atoms with Crippen LogP contribution in [0.1, 0.15) is 118 Å². The van der Waals surface area contributed by atoms with Crippen molar-refractivity contribution in [1.82, 2.24) is 26.2 Å². The third-order valence-corrected chi connectivity index (χ3v) is 14.4. The summed E-state index contributed by atoms with van der Waals surface area (Å²) < 4.78 is 26.9. The number of carbonyl (C=O) groups excluding carboxylic acids is 5. The Labute approximate surface area is 375 Å². The van der Waals surface area contributed by atoms with E-state index in [0.29, 0.717) is 25.2 Å². The lowest BCUT2D eigenvalue weighted by molar-refractivity contribution is -0.220. The number of rotatable bonds is 22. The van der Waals surface area contributed by atoms with Crippen LogP contribution in [-0.2, 0) is 49.3 Å². The summed E-state index contributed by atoms with van der Waals surface area (Å²) in [6.45, 7) is 13.9. The maximum atomic E-state index is 14.4. The molecular formula is C45H68BFN6O11. The molecule has 5 amide bonds. The van der Waals surface area contributed by atoms with Gasteiger partial charge in [0, 0.05) is 18.4 Å². The number of carboxylic acid groups (broad SMARTS) is 2. The number of likely N-dealkylation sites (tertiary alicyclic amines) is 1. The van der Waals surface area contributed by atoms with Gasteiger partial charge >= 0.3 is 19.1 Å². The lowest BCUT2D eigenvalue weighted by Crippen LogP contribution is -2.66. The Morgan fingerprint density at radius 1 is 0.859 bits per heavy atom. The van der Waals surface area contributed by atoms with Gasteiger partial charge in [0.2, 0.25) is 29.5 Å². The first kappa shape index (κ1) is 50.4. The van der Waals surface area contributed by atoms with Gasteiger partial charge in [-0.3, -0.25) is 33.6 Å². The van der Waals surface area contributed by atoms with Gasteiger partial charge in [0.25, 0.3) is 0 Å². The third kappa shape index (κ3) is 11.6. The number of unbranched alkanes of at least 4 members (excludes halogenated alkanes) is 1. The van der Waals surface area contributed by atoms with Gasteiger partial charge in [-0.25, -0.2) is 4.39 Å². The zero-order valence-corrected chi connectivity index (χ0v) is 38.2. The molecule has 8 N–H and O–H groups in total. The second-order valence-electron chi connectivity index (χ2n) is 19.7. The summed E-state index contributed by atoms with van der Waals surface area (Å²) in [4.78, 5) is 92.8. The molecule has 1 aromatic rings. The van der Waals surface area contributed by atoms with Crippen molar-refractivity contribution in [2.75, 3.05) is 6.54 Å². The molecule has 5 fully saturated rings. The number of aryl methyl sites for hydroxylation is 1. The number of halogens is 1. The molecule has 354 valence electrons. The van der Waals surface area contributed by atoms with Crippen LogP contribution in [0.25, 0.3) is 0 Å². The van der Waals surface area contributed by atoms with E-state index in [4.69, 9.17) is 20.1 Å². The van der Waals surface area contributed by atoms with E-state index in [1.807, 2.05) is 0 Å². The van der Waals surface area contributed by atoms with E-state index in [1.165, 1.54) is 17.0 Å². The number of nitrogens with one attached hydrogen (secondary N) is 4. The highest BCUT2D eigenvalue weighted by Crippen LogP contribution is 2.69. The Morgan fingerprint density at radius 3 is 2.12 bits per heavy atom. The van der Waals surface area contributed by atoms with Crippen LogP contribution in [0.3, 0.4) is 0 Å². The Kier molecular flexibility index (Phi) is 16.6. The summed E-state index contributed by atoms with van der Waals surface area (Å²) >= 11 is 0. The van der Waals surface area contributed by atoms with E-state index in [1.54, 1.807) is 39.8 Å². The summed E-state index contributed by atoms with van der Waals surface area (Å²) in [5, 5.41) is 29.2. The van der Waals surface area contributed by atoms with Gasteiger partial charge in [0.05, 0.1) is 30.6 Å². The molecule has 3 saturated carbocycles. The van der Waals surface area contributed by atoms with Crippen LogP contribution >= 0.6 is 0 Å². The first-order chi connectivity index (χ1) is 30.0. The van der Waals surface area contributed by atoms with Crippen molar-refractivity contribution in [2.45, 2.75) is 167 Å². The smallest absolute Gasteiger partial charge is 0.481 e. The minimum Gasteiger partial charge on any atom is -0.481 e. The summed E-state index contributed by atoms with van der Waals surface area (Å²) in [5.41, 5.74) is 6.70. The van der Waals surface area contributed by atoms with Crippen LogP contribution in [0.2, 0.25) is 0 Å². The Morgan fingerprint density at radius 2 is 1.52 bits per heavy atom. The number of nitrogens with zero attached hydrogens (tertiary/aromatic N) is 1. The lowest BCUT2D eigenvalue weighted by Gasteiger charge is -2.67. The number of carboxylic acids is 2. The summed E-state index contributed by atoms with van der Waals surface area (Å²) in [7, 11) is -0.688. The fraction of sp³-hybridized carbons (Fsp3) is 0.711. The van der Waals surface area contributed by atoms with Gasteiger partial charge in [-0.15, -0.1) is 0 Å². The van der Waals surface area contributed by atoms with Crippen LogP contribution in [0.15, 0.2) is 24.3 Å². The predicted octanol–water partition coefficient (Wildman–Crippen LogP) is 2.72. The fourth-order valence-electron chi connectivity index (χ4n) is 9.97. The SMILES string of the molecule is CC(C)[C@H](NC(=O)[C@H](CCC(=O)O)NC(=O)[C@@H](N)CC(=O)O)C(=O)N[C@H](C(=O)N1CCC[C@H]1C(=O)N[C@@H](CCCCc1ccc(F)cc1)B1O[C@@H]2[C@@H](C[C@@H]3C[C@@]2(C)C3(C)C)O1)C(C)C. The lowest BCUT2D eigenvalue weighted by atomic mass is 9.39. The summed E-state index contributed by atoms with van der Waals surface area (Å²) in [6, 6.07) is 0.247. The number of hydrogen-bond donors (Lipinski definition) is 7. The Hall–Kier alpha value is -4.62. The molecule has 2 saturated heterocycles. The maximum Gasteiger partial charge on any atom is 0.481 e. The number of benzene rings is 1. The molecule has 0 unspecified atom stereocenters. The molecule has 64 heavy (non-hydrogen) atoms. The monoisotopic (exact) mass is 899 g/mol. The van der Waals surface area contributed by atoms with E-state index in [0.717, 1.165) is 37.7 Å². The molecule has 2 aliphatic heterocycles. The number of amides is 5. The van der Waals surface area contributed by atoms with Gasteiger partial charge in [-0.1, -0.05) is 67.0 Å². The molecule has 1 aromatic carbocycles. The highest BCUT2D eigenvalue weighted by molar-refractivity contribution is 6.47. The zero-order chi connectivity index (χ0) is 47.3. The van der Waals surface area contributed by atoms with Gasteiger partial charge in [-0.05, 0) is 92.2 Å². The maximum absolute atomic E-state index is 14.4. The summed E-state index contributed by atoms with van der Waals surface area (Å²) in [5.74, 6) is -7.31. The van der Waals surface area contributed by atoms with Crippen LogP contribution < -0.4 is 27.0 Å². The van der Waals surface area contributed by atoms with Gasteiger partial charge < -0.3 is 51.4 Å². The zero-order valence-electron chi connectivity index (χ0n) is 38.2. The highest BCUT2D eigenvalue weighted by atomic mass is 19.1. The molecule has 19 heteroatoms. The molecule has 2 heterocycles. The fourth-order valence-corrected chi connectivity index (χ4v) is 9.97. The van der Waals surface area contributed by atoms with Crippen LogP contribution in [0.5, 0.6) is 0 Å². The van der Waals surface area contributed by atoms with E-state index in [-0.39, 0.29) is 47.7 Å². The predicted molar refractivity (Wildman–Crippen MR) is 233 cm³/mol. The van der Waals surface area contributed by atoms with Crippen molar-refractivity contribution in [1.29, 1.82) is 0 Å². The van der Waals surface area contributed by atoms with E-state index < -0.39 is 104 Å². The van der Waals surface area contributed by atoms with Crippen molar-refractivity contribution >= 4 is 48.6 Å². The number of carbonyl (C=O) groups is 7. The minimum absolute atomic E-state index is 0.0652. The third-order valence-electron chi connectivity index (χ3n) is 14.4. The molecular weight excluding hydrogens is 830 g/mol. The molecule has 0 aromatic heterocycles. The highest BCUT2D eigenvalue weighted by Gasteiger charge is 2.69. The van der Waals surface area contributed by atoms with Gasteiger partial charge in [0.15, 0.2) is 0 Å². The van der Waals surface area contributed by atoms with E-state index in [9.17, 15) is 43.1 Å². The number of nitrogens with two attached hydrogens (primary N) is 1. The van der Waals surface area contributed by atoms with Crippen LogP contribution in [0.4, 0.5) is 4.39 Å². The second-order valence-corrected chi connectivity index (χ2v) is 19.7. The van der Waals surface area contributed by atoms with Crippen LogP contribution in [0, 0.1) is 34.4 Å². The molecule has 3 aliphatic carbocycles. The Balaban J connectivity index is 1.26. The first-order valence-electron chi connectivity index (χ1n) is 22.8. The summed E-state index contributed by atoms with van der Waals surface area (Å²) in [6.07, 6.45) is 3.81. The normalized spacial score (nSPS) is 25.6. The number of hydrogen-bond acceptors (Lipinski definition) is 10. The number of aliphatic carboxylic acids is 2. The van der Waals surface area contributed by atoms with E-state index >= 15 is 0 Å². The van der Waals surface area contributed by atoms with Gasteiger partial charge in [0.1, 0.15) is 30.0 Å². The van der Waals surface area contributed by atoms with Crippen molar-refractivity contribution in [3.63, 3.8) is 0 Å². The Bertz CT molecular complexity index is 1890. The molecule has 0 radical (unpaired) electrons. The van der Waals surface area contributed by atoms with Gasteiger partial charge in [-0.2, -0.15) is 0 Å².